The number of aryl methyl sites for hydroxylation is 2. The van der Waals surface area contributed by atoms with Crippen LogP contribution in [0.1, 0.15) is 28.4 Å². The lowest BCUT2D eigenvalue weighted by Crippen LogP contribution is -2.08. The Morgan fingerprint density at radius 2 is 1.54 bits per heavy atom. The van der Waals surface area contributed by atoms with Crippen LogP contribution >= 0.6 is 0 Å². The van der Waals surface area contributed by atoms with E-state index in [2.05, 4.69) is 0 Å². The van der Waals surface area contributed by atoms with Gasteiger partial charge in [-0.15, -0.1) is 0 Å². The van der Waals surface area contributed by atoms with Gasteiger partial charge in [0.25, 0.3) is 0 Å². The van der Waals surface area contributed by atoms with Crippen LogP contribution in [-0.2, 0) is 6.42 Å². The summed E-state index contributed by atoms with van der Waals surface area (Å²) in [7, 11) is 0. The Morgan fingerprint density at radius 1 is 0.885 bits per heavy atom. The third kappa shape index (κ3) is 3.64. The van der Waals surface area contributed by atoms with Gasteiger partial charge in [-0.1, -0.05) is 43.3 Å². The van der Waals surface area contributed by atoms with Gasteiger partial charge in [0, 0.05) is 5.56 Å². The molecule has 0 N–H and O–H groups in total. The maximum Gasteiger partial charge on any atom is 0.343 e. The van der Waals surface area contributed by atoms with Crippen LogP contribution in [0.4, 0.5) is 8.78 Å². The highest BCUT2D eigenvalue weighted by Gasteiger charge is 2.13. The standard InChI is InChI=1S/C22H18F2O2/c1-3-15-5-7-17(8-6-15)22(25)26-18-11-9-16(10-12-18)19-13-4-14(2)20(23)21(19)24/h4-13H,3H2,1-2H3. The minimum Gasteiger partial charge on any atom is -0.423 e. The summed E-state index contributed by atoms with van der Waals surface area (Å²) in [6.45, 7) is 3.55. The van der Waals surface area contributed by atoms with Gasteiger partial charge < -0.3 is 4.74 Å². The second-order valence-electron chi connectivity index (χ2n) is 6.02. The molecule has 0 atom stereocenters. The van der Waals surface area contributed by atoms with Crippen LogP contribution in [0.5, 0.6) is 5.75 Å². The van der Waals surface area contributed by atoms with Crippen LogP contribution in [0.3, 0.4) is 0 Å². The molecule has 0 bridgehead atoms. The molecular weight excluding hydrogens is 334 g/mol. The monoisotopic (exact) mass is 352 g/mol. The van der Waals surface area contributed by atoms with Crippen molar-refractivity contribution in [2.45, 2.75) is 20.3 Å². The number of ether oxygens (including phenoxy) is 1. The van der Waals surface area contributed by atoms with Crippen molar-refractivity contribution in [3.05, 3.63) is 89.0 Å². The predicted octanol–water partition coefficient (Wildman–Crippen LogP) is 5.72. The molecule has 0 aliphatic carbocycles. The number of hydrogen-bond acceptors (Lipinski definition) is 2. The third-order valence-corrected chi connectivity index (χ3v) is 4.25. The summed E-state index contributed by atoms with van der Waals surface area (Å²) < 4.78 is 33.1. The van der Waals surface area contributed by atoms with Crippen molar-refractivity contribution in [2.24, 2.45) is 0 Å². The van der Waals surface area contributed by atoms with Crippen molar-refractivity contribution < 1.29 is 18.3 Å². The molecule has 0 spiro atoms. The van der Waals surface area contributed by atoms with E-state index in [4.69, 9.17) is 4.74 Å². The fourth-order valence-electron chi connectivity index (χ4n) is 2.61. The molecule has 4 heteroatoms. The molecule has 0 amide bonds. The minimum atomic E-state index is -0.884. The fraction of sp³-hybridized carbons (Fsp3) is 0.136. The van der Waals surface area contributed by atoms with E-state index in [0.717, 1.165) is 12.0 Å². The summed E-state index contributed by atoms with van der Waals surface area (Å²) in [5.41, 5.74) is 2.52. The molecule has 0 unspecified atom stereocenters. The number of benzene rings is 3. The maximum absolute atomic E-state index is 14.1. The van der Waals surface area contributed by atoms with Gasteiger partial charge in [0.2, 0.25) is 0 Å². The second kappa shape index (κ2) is 7.48. The first-order valence-corrected chi connectivity index (χ1v) is 8.35. The summed E-state index contributed by atoms with van der Waals surface area (Å²) in [6, 6.07) is 16.6. The summed E-state index contributed by atoms with van der Waals surface area (Å²) in [6.07, 6.45) is 0.896. The maximum atomic E-state index is 14.1. The lowest BCUT2D eigenvalue weighted by Gasteiger charge is -2.08. The van der Waals surface area contributed by atoms with Crippen molar-refractivity contribution in [3.63, 3.8) is 0 Å². The van der Waals surface area contributed by atoms with E-state index in [1.807, 2.05) is 19.1 Å². The van der Waals surface area contributed by atoms with Gasteiger partial charge in [-0.25, -0.2) is 13.6 Å². The zero-order chi connectivity index (χ0) is 18.7. The number of esters is 1. The molecule has 26 heavy (non-hydrogen) atoms. The summed E-state index contributed by atoms with van der Waals surface area (Å²) in [5.74, 6) is -1.86. The summed E-state index contributed by atoms with van der Waals surface area (Å²) in [5, 5.41) is 0. The first-order valence-electron chi connectivity index (χ1n) is 8.35. The smallest absolute Gasteiger partial charge is 0.343 e. The molecule has 3 rings (SSSR count). The van der Waals surface area contributed by atoms with E-state index < -0.39 is 17.6 Å². The lowest BCUT2D eigenvalue weighted by molar-refractivity contribution is 0.0735. The Bertz CT molecular complexity index is 930. The van der Waals surface area contributed by atoms with Crippen LogP contribution in [0, 0.1) is 18.6 Å². The number of carbonyl (C=O) groups excluding carboxylic acids is 1. The van der Waals surface area contributed by atoms with E-state index in [0.29, 0.717) is 16.9 Å². The summed E-state index contributed by atoms with van der Waals surface area (Å²) >= 11 is 0. The topological polar surface area (TPSA) is 26.3 Å². The molecule has 0 aliphatic heterocycles. The van der Waals surface area contributed by atoms with Crippen LogP contribution < -0.4 is 4.74 Å². The molecule has 2 nitrogen and oxygen atoms in total. The molecular formula is C22H18F2O2. The average Bonchev–Trinajstić information content (AvgIpc) is 2.67. The normalized spacial score (nSPS) is 10.6. The third-order valence-electron chi connectivity index (χ3n) is 4.25. The van der Waals surface area contributed by atoms with Crippen molar-refractivity contribution in [3.8, 4) is 16.9 Å². The molecule has 0 radical (unpaired) electrons. The molecule has 0 saturated carbocycles. The SMILES string of the molecule is CCc1ccc(C(=O)Oc2ccc(-c3ccc(C)c(F)c3F)cc2)cc1. The van der Waals surface area contributed by atoms with E-state index in [9.17, 15) is 13.6 Å². The first kappa shape index (κ1) is 17.8. The molecule has 3 aromatic carbocycles. The summed E-state index contributed by atoms with van der Waals surface area (Å²) in [4.78, 5) is 12.2. The fourth-order valence-corrected chi connectivity index (χ4v) is 2.61. The van der Waals surface area contributed by atoms with Gasteiger partial charge in [0.1, 0.15) is 5.75 Å². The van der Waals surface area contributed by atoms with Gasteiger partial charge >= 0.3 is 5.97 Å². The highest BCUT2D eigenvalue weighted by molar-refractivity contribution is 5.91. The molecule has 0 fully saturated rings. The van der Waals surface area contributed by atoms with Gasteiger partial charge in [-0.3, -0.25) is 0 Å². The van der Waals surface area contributed by atoms with E-state index >= 15 is 0 Å². The number of rotatable bonds is 4. The Labute approximate surface area is 151 Å². The molecule has 0 heterocycles. The average molecular weight is 352 g/mol. The molecule has 3 aromatic rings. The number of halogens is 2. The number of hydrogen-bond donors (Lipinski definition) is 0. The largest absolute Gasteiger partial charge is 0.423 e. The van der Waals surface area contributed by atoms with Crippen LogP contribution in [-0.4, -0.2) is 5.97 Å². The predicted molar refractivity (Wildman–Crippen MR) is 97.3 cm³/mol. The van der Waals surface area contributed by atoms with Crippen LogP contribution in [0.15, 0.2) is 60.7 Å². The Morgan fingerprint density at radius 3 is 2.15 bits per heavy atom. The second-order valence-corrected chi connectivity index (χ2v) is 6.02. The Kier molecular flexibility index (Phi) is 5.12. The quantitative estimate of drug-likeness (QED) is 0.443. The van der Waals surface area contributed by atoms with Gasteiger partial charge in [-0.2, -0.15) is 0 Å². The molecule has 132 valence electrons. The molecule has 0 aromatic heterocycles. The Balaban J connectivity index is 1.77. The van der Waals surface area contributed by atoms with E-state index in [1.165, 1.54) is 19.1 Å². The van der Waals surface area contributed by atoms with E-state index in [-0.39, 0.29) is 11.1 Å². The van der Waals surface area contributed by atoms with Gasteiger partial charge in [0.05, 0.1) is 5.56 Å². The highest BCUT2D eigenvalue weighted by Crippen LogP contribution is 2.28. The van der Waals surface area contributed by atoms with Crippen LogP contribution in [0.2, 0.25) is 0 Å². The minimum absolute atomic E-state index is 0.168. The van der Waals surface area contributed by atoms with Crippen molar-refractivity contribution >= 4 is 5.97 Å². The van der Waals surface area contributed by atoms with Crippen molar-refractivity contribution in [1.29, 1.82) is 0 Å². The molecule has 0 aliphatic rings. The highest BCUT2D eigenvalue weighted by atomic mass is 19.2. The number of carbonyl (C=O) groups is 1. The lowest BCUT2D eigenvalue weighted by atomic mass is 10.0. The van der Waals surface area contributed by atoms with Gasteiger partial charge in [0.15, 0.2) is 11.6 Å². The Hall–Kier alpha value is -3.01. The van der Waals surface area contributed by atoms with Crippen molar-refractivity contribution in [2.75, 3.05) is 0 Å². The van der Waals surface area contributed by atoms with Gasteiger partial charge in [-0.05, 0) is 54.3 Å². The van der Waals surface area contributed by atoms with Crippen LogP contribution in [0.25, 0.3) is 11.1 Å². The zero-order valence-corrected chi connectivity index (χ0v) is 14.6. The van der Waals surface area contributed by atoms with E-state index in [1.54, 1.807) is 36.4 Å². The van der Waals surface area contributed by atoms with Crippen molar-refractivity contribution in [1.82, 2.24) is 0 Å². The zero-order valence-electron chi connectivity index (χ0n) is 14.6. The first-order chi connectivity index (χ1) is 12.5. The molecule has 0 saturated heterocycles.